The normalized spacial score (nSPS) is 14.8. The van der Waals surface area contributed by atoms with E-state index in [1.807, 2.05) is 30.3 Å². The van der Waals surface area contributed by atoms with Crippen LogP contribution in [0.25, 0.3) is 11.3 Å². The summed E-state index contributed by atoms with van der Waals surface area (Å²) in [7, 11) is -3.60. The van der Waals surface area contributed by atoms with Crippen LogP contribution >= 0.6 is 0 Å². The van der Waals surface area contributed by atoms with Gasteiger partial charge in [-0.2, -0.15) is 9.40 Å². The Hall–Kier alpha value is -3.50. The van der Waals surface area contributed by atoms with Crippen molar-refractivity contribution >= 4 is 21.9 Å². The fraction of sp³-hybridized carbons (Fsp3) is 0.227. The van der Waals surface area contributed by atoms with Crippen LogP contribution in [0.5, 0.6) is 0 Å². The molecule has 0 radical (unpaired) electrons. The Labute approximate surface area is 185 Å². The van der Waals surface area contributed by atoms with E-state index in [9.17, 15) is 18.0 Å². The molecule has 1 saturated heterocycles. The van der Waals surface area contributed by atoms with Gasteiger partial charge in [0.05, 0.1) is 16.8 Å². The zero-order valence-corrected chi connectivity index (χ0v) is 18.0. The van der Waals surface area contributed by atoms with Gasteiger partial charge in [-0.15, -0.1) is 0 Å². The molecule has 3 aromatic rings. The average Bonchev–Trinajstić information content (AvgIpc) is 3.34. The number of benzene rings is 2. The van der Waals surface area contributed by atoms with Gasteiger partial charge in [0.1, 0.15) is 5.56 Å². The molecule has 1 fully saturated rings. The van der Waals surface area contributed by atoms with Crippen LogP contribution in [0.3, 0.4) is 0 Å². The van der Waals surface area contributed by atoms with Crippen LogP contribution in [0.1, 0.15) is 10.4 Å². The molecule has 0 spiro atoms. The second-order valence-electron chi connectivity index (χ2n) is 7.20. The summed E-state index contributed by atoms with van der Waals surface area (Å²) in [5, 5.41) is 6.69. The molecule has 166 valence electrons. The zero-order valence-electron chi connectivity index (χ0n) is 17.2. The Morgan fingerprint density at radius 2 is 1.56 bits per heavy atom. The first-order chi connectivity index (χ1) is 15.5. The number of ether oxygens (including phenoxy) is 1. The minimum Gasteiger partial charge on any atom is -0.452 e. The Balaban J connectivity index is 1.32. The van der Waals surface area contributed by atoms with Gasteiger partial charge < -0.3 is 9.64 Å². The topological polar surface area (TPSA) is 113 Å². The number of carbonyl (C=O) groups excluding carboxylic acids is 2. The maximum absolute atomic E-state index is 12.7. The van der Waals surface area contributed by atoms with Crippen LogP contribution in [0.4, 0.5) is 0 Å². The second-order valence-corrected chi connectivity index (χ2v) is 9.14. The number of sulfonamides is 1. The third-order valence-corrected chi connectivity index (χ3v) is 7.13. The first-order valence-corrected chi connectivity index (χ1v) is 11.5. The highest BCUT2D eigenvalue weighted by atomic mass is 32.2. The Morgan fingerprint density at radius 1 is 0.938 bits per heavy atom. The van der Waals surface area contributed by atoms with Crippen molar-refractivity contribution in [1.82, 2.24) is 19.4 Å². The molecule has 2 aromatic carbocycles. The van der Waals surface area contributed by atoms with Gasteiger partial charge >= 0.3 is 5.97 Å². The lowest BCUT2D eigenvalue weighted by molar-refractivity contribution is -0.135. The number of rotatable bonds is 6. The maximum atomic E-state index is 12.7. The molecular weight excluding hydrogens is 432 g/mol. The van der Waals surface area contributed by atoms with Crippen LogP contribution in [-0.2, 0) is 19.6 Å². The summed E-state index contributed by atoms with van der Waals surface area (Å²) in [6.07, 6.45) is 1.36. The summed E-state index contributed by atoms with van der Waals surface area (Å²) in [4.78, 5) is 26.7. The van der Waals surface area contributed by atoms with E-state index in [0.29, 0.717) is 5.69 Å². The zero-order chi connectivity index (χ0) is 22.6. The smallest absolute Gasteiger partial charge is 0.342 e. The monoisotopic (exact) mass is 454 g/mol. The highest BCUT2D eigenvalue weighted by Crippen LogP contribution is 2.21. The number of carbonyl (C=O) groups is 2. The fourth-order valence-electron chi connectivity index (χ4n) is 3.48. The molecule has 0 bridgehead atoms. The van der Waals surface area contributed by atoms with Crippen LogP contribution < -0.4 is 0 Å². The molecule has 0 unspecified atom stereocenters. The van der Waals surface area contributed by atoms with Crippen molar-refractivity contribution in [1.29, 1.82) is 0 Å². The first-order valence-electron chi connectivity index (χ1n) is 10.1. The predicted octanol–water partition coefficient (Wildman–Crippen LogP) is 1.77. The van der Waals surface area contributed by atoms with Gasteiger partial charge in [-0.05, 0) is 12.1 Å². The van der Waals surface area contributed by atoms with Crippen LogP contribution in [-0.4, -0.2) is 72.5 Å². The molecule has 0 aliphatic carbocycles. The van der Waals surface area contributed by atoms with Gasteiger partial charge in [0.15, 0.2) is 6.61 Å². The number of aromatic amines is 1. The third kappa shape index (κ3) is 4.56. The lowest BCUT2D eigenvalue weighted by Gasteiger charge is -2.33. The lowest BCUT2D eigenvalue weighted by Crippen LogP contribution is -2.51. The Morgan fingerprint density at radius 3 is 2.22 bits per heavy atom. The van der Waals surface area contributed by atoms with Crippen molar-refractivity contribution < 1.29 is 22.7 Å². The number of amides is 1. The van der Waals surface area contributed by atoms with Gasteiger partial charge in [0.2, 0.25) is 10.0 Å². The largest absolute Gasteiger partial charge is 0.452 e. The van der Waals surface area contributed by atoms with Crippen LogP contribution in [0.15, 0.2) is 71.8 Å². The van der Waals surface area contributed by atoms with Gasteiger partial charge in [-0.3, -0.25) is 9.89 Å². The summed E-state index contributed by atoms with van der Waals surface area (Å²) in [5.41, 5.74) is 1.53. The van der Waals surface area contributed by atoms with Crippen molar-refractivity contribution in [3.05, 3.63) is 72.4 Å². The summed E-state index contributed by atoms with van der Waals surface area (Å²) in [6.45, 7) is 0.379. The molecule has 0 saturated carbocycles. The summed E-state index contributed by atoms with van der Waals surface area (Å²) in [5.74, 6) is -1.03. The predicted molar refractivity (Wildman–Crippen MR) is 116 cm³/mol. The summed E-state index contributed by atoms with van der Waals surface area (Å²) < 4.78 is 32.0. The molecule has 1 amide bonds. The Kier molecular flexibility index (Phi) is 6.33. The number of nitrogens with zero attached hydrogens (tertiary/aromatic N) is 3. The van der Waals surface area contributed by atoms with Gasteiger partial charge in [-0.25, -0.2) is 13.2 Å². The van der Waals surface area contributed by atoms with Gasteiger partial charge in [-0.1, -0.05) is 48.5 Å². The number of H-pyrrole nitrogens is 1. The quantitative estimate of drug-likeness (QED) is 0.568. The average molecular weight is 455 g/mol. The van der Waals surface area contributed by atoms with E-state index in [4.69, 9.17) is 4.74 Å². The van der Waals surface area contributed by atoms with E-state index >= 15 is 0 Å². The molecule has 1 aliphatic heterocycles. The van der Waals surface area contributed by atoms with Crippen LogP contribution in [0.2, 0.25) is 0 Å². The lowest BCUT2D eigenvalue weighted by atomic mass is 10.1. The van der Waals surface area contributed by atoms with Crippen LogP contribution in [0, 0.1) is 0 Å². The van der Waals surface area contributed by atoms with Crippen molar-refractivity contribution in [2.24, 2.45) is 0 Å². The van der Waals surface area contributed by atoms with Crippen molar-refractivity contribution in [2.45, 2.75) is 4.90 Å². The van der Waals surface area contributed by atoms with Crippen molar-refractivity contribution in [3.63, 3.8) is 0 Å². The number of hydrogen-bond acceptors (Lipinski definition) is 6. The van der Waals surface area contributed by atoms with E-state index in [1.54, 1.807) is 30.3 Å². The number of aromatic nitrogens is 2. The minimum atomic E-state index is -3.60. The molecule has 10 heteroatoms. The highest BCUT2D eigenvalue weighted by molar-refractivity contribution is 7.89. The molecule has 1 aromatic heterocycles. The molecular formula is C22H22N4O5S. The highest BCUT2D eigenvalue weighted by Gasteiger charge is 2.30. The SMILES string of the molecule is O=C(OCC(=O)N1CCN(S(=O)(=O)c2ccccc2)CC1)c1cn[nH]c1-c1ccccc1. The molecule has 2 heterocycles. The van der Waals surface area contributed by atoms with E-state index in [-0.39, 0.29) is 42.5 Å². The fourth-order valence-corrected chi connectivity index (χ4v) is 4.92. The van der Waals surface area contributed by atoms with Crippen molar-refractivity contribution in [3.8, 4) is 11.3 Å². The number of nitrogens with one attached hydrogen (secondary N) is 1. The van der Waals surface area contributed by atoms with E-state index in [1.165, 1.54) is 15.4 Å². The molecule has 0 atom stereocenters. The molecule has 1 N–H and O–H groups in total. The van der Waals surface area contributed by atoms with Gasteiger partial charge in [0.25, 0.3) is 5.91 Å². The maximum Gasteiger partial charge on any atom is 0.342 e. The first kappa shape index (κ1) is 21.7. The number of piperazine rings is 1. The molecule has 1 aliphatic rings. The minimum absolute atomic E-state index is 0.177. The third-order valence-electron chi connectivity index (χ3n) is 5.22. The number of hydrogen-bond donors (Lipinski definition) is 1. The number of esters is 1. The van der Waals surface area contributed by atoms with Crippen molar-refractivity contribution in [2.75, 3.05) is 32.8 Å². The van der Waals surface area contributed by atoms with E-state index in [0.717, 1.165) is 5.56 Å². The van der Waals surface area contributed by atoms with Gasteiger partial charge in [0, 0.05) is 31.7 Å². The molecule has 32 heavy (non-hydrogen) atoms. The summed E-state index contributed by atoms with van der Waals surface area (Å²) in [6, 6.07) is 17.4. The molecule has 4 rings (SSSR count). The van der Waals surface area contributed by atoms with E-state index < -0.39 is 22.6 Å². The standard InChI is InChI=1S/C22H22N4O5S/c27-20(16-31-22(28)19-15-23-24-21(19)17-7-3-1-4-8-17)25-11-13-26(14-12-25)32(29,30)18-9-5-2-6-10-18/h1-10,15H,11-14,16H2,(H,23,24). The summed E-state index contributed by atoms with van der Waals surface area (Å²) >= 11 is 0. The second kappa shape index (κ2) is 9.33. The van der Waals surface area contributed by atoms with E-state index in [2.05, 4.69) is 10.2 Å². The Bertz CT molecular complexity index is 1190. The molecule has 9 nitrogen and oxygen atoms in total.